The van der Waals surface area contributed by atoms with Crippen molar-refractivity contribution in [3.05, 3.63) is 45.5 Å². The van der Waals surface area contributed by atoms with Gasteiger partial charge in [-0.25, -0.2) is 0 Å². The number of nitrogens with zero attached hydrogens (tertiary/aromatic N) is 2. The van der Waals surface area contributed by atoms with Crippen LogP contribution in [-0.2, 0) is 12.0 Å². The van der Waals surface area contributed by atoms with Crippen LogP contribution in [0.25, 0.3) is 0 Å². The summed E-state index contributed by atoms with van der Waals surface area (Å²) in [7, 11) is 0. The van der Waals surface area contributed by atoms with E-state index in [1.165, 1.54) is 0 Å². The number of aromatic nitrogens is 2. The van der Waals surface area contributed by atoms with E-state index < -0.39 is 5.54 Å². The van der Waals surface area contributed by atoms with Gasteiger partial charge >= 0.3 is 0 Å². The zero-order chi connectivity index (χ0) is 13.5. The van der Waals surface area contributed by atoms with Crippen molar-refractivity contribution in [1.82, 2.24) is 10.1 Å². The first-order chi connectivity index (χ1) is 9.07. The molecule has 3 rings (SSSR count). The molecule has 0 radical (unpaired) electrons. The molecular formula is C13H13Cl2N3O. The molecule has 1 aromatic heterocycles. The molecule has 0 atom stereocenters. The molecule has 0 bridgehead atoms. The third kappa shape index (κ3) is 2.48. The van der Waals surface area contributed by atoms with Crippen LogP contribution in [0.4, 0.5) is 0 Å². The first kappa shape index (κ1) is 12.9. The Bertz CT molecular complexity index is 608. The number of rotatable bonds is 3. The van der Waals surface area contributed by atoms with E-state index in [1.54, 1.807) is 18.2 Å². The molecule has 0 unspecified atom stereocenters. The fourth-order valence-corrected chi connectivity index (χ4v) is 2.53. The molecule has 4 nitrogen and oxygen atoms in total. The van der Waals surface area contributed by atoms with Gasteiger partial charge in [0.05, 0.1) is 12.0 Å². The average molecular weight is 298 g/mol. The van der Waals surface area contributed by atoms with Gasteiger partial charge in [-0.3, -0.25) is 0 Å². The Kier molecular flexibility index (Phi) is 3.25. The molecule has 2 N–H and O–H groups in total. The molecule has 0 amide bonds. The highest BCUT2D eigenvalue weighted by Crippen LogP contribution is 2.37. The second kappa shape index (κ2) is 4.78. The van der Waals surface area contributed by atoms with Crippen molar-refractivity contribution in [2.45, 2.75) is 31.2 Å². The predicted octanol–water partition coefficient (Wildman–Crippen LogP) is 3.31. The van der Waals surface area contributed by atoms with E-state index in [2.05, 4.69) is 10.1 Å². The molecule has 100 valence electrons. The van der Waals surface area contributed by atoms with Crippen LogP contribution in [0.1, 0.15) is 36.5 Å². The Morgan fingerprint density at radius 3 is 2.79 bits per heavy atom. The highest BCUT2D eigenvalue weighted by molar-refractivity contribution is 6.33. The Morgan fingerprint density at radius 1 is 1.32 bits per heavy atom. The van der Waals surface area contributed by atoms with Crippen LogP contribution in [0, 0.1) is 0 Å². The van der Waals surface area contributed by atoms with Crippen LogP contribution in [0.5, 0.6) is 0 Å². The third-order valence-corrected chi connectivity index (χ3v) is 4.11. The molecule has 6 heteroatoms. The molecule has 1 fully saturated rings. The lowest BCUT2D eigenvalue weighted by molar-refractivity contribution is 0.229. The van der Waals surface area contributed by atoms with E-state index in [4.69, 9.17) is 33.5 Å². The summed E-state index contributed by atoms with van der Waals surface area (Å²) >= 11 is 12.1. The van der Waals surface area contributed by atoms with Gasteiger partial charge in [-0.1, -0.05) is 28.4 Å². The molecule has 0 spiro atoms. The quantitative estimate of drug-likeness (QED) is 0.944. The fraction of sp³-hybridized carbons (Fsp3) is 0.385. The number of benzene rings is 1. The van der Waals surface area contributed by atoms with Gasteiger partial charge in [0.25, 0.3) is 0 Å². The van der Waals surface area contributed by atoms with Crippen molar-refractivity contribution in [2.75, 3.05) is 0 Å². The lowest BCUT2D eigenvalue weighted by Crippen LogP contribution is -2.44. The van der Waals surface area contributed by atoms with Crippen LogP contribution in [0.2, 0.25) is 10.0 Å². The highest BCUT2D eigenvalue weighted by atomic mass is 35.5. The molecule has 1 heterocycles. The summed E-state index contributed by atoms with van der Waals surface area (Å²) in [6.45, 7) is 0. The monoisotopic (exact) mass is 297 g/mol. The first-order valence-corrected chi connectivity index (χ1v) is 6.88. The summed E-state index contributed by atoms with van der Waals surface area (Å²) in [5, 5.41) is 5.24. The third-order valence-electron chi connectivity index (χ3n) is 3.51. The van der Waals surface area contributed by atoms with E-state index in [1.807, 2.05) is 0 Å². The van der Waals surface area contributed by atoms with Gasteiger partial charge in [-0.2, -0.15) is 4.98 Å². The van der Waals surface area contributed by atoms with E-state index in [9.17, 15) is 0 Å². The summed E-state index contributed by atoms with van der Waals surface area (Å²) < 4.78 is 5.24. The zero-order valence-corrected chi connectivity index (χ0v) is 11.7. The van der Waals surface area contributed by atoms with Crippen molar-refractivity contribution in [1.29, 1.82) is 0 Å². The number of nitrogens with two attached hydrogens (primary N) is 1. The molecule has 1 saturated carbocycles. The summed E-state index contributed by atoms with van der Waals surface area (Å²) in [5.41, 5.74) is 6.61. The van der Waals surface area contributed by atoms with Gasteiger partial charge < -0.3 is 10.3 Å². The van der Waals surface area contributed by atoms with Crippen molar-refractivity contribution in [3.8, 4) is 0 Å². The molecular weight excluding hydrogens is 285 g/mol. The molecule has 2 aromatic rings. The summed E-state index contributed by atoms with van der Waals surface area (Å²) in [5.74, 6) is 1.10. The molecule has 0 aliphatic heterocycles. The van der Waals surface area contributed by atoms with Gasteiger partial charge in [0, 0.05) is 10.0 Å². The minimum atomic E-state index is -0.403. The van der Waals surface area contributed by atoms with Crippen molar-refractivity contribution in [3.63, 3.8) is 0 Å². The smallest absolute Gasteiger partial charge is 0.231 e. The normalized spacial score (nSPS) is 17.2. The van der Waals surface area contributed by atoms with Crippen molar-refractivity contribution in [2.24, 2.45) is 5.73 Å². The van der Waals surface area contributed by atoms with E-state index >= 15 is 0 Å². The SMILES string of the molecule is NC1(c2noc(Cc3cc(Cl)ccc3Cl)n2)CCC1. The van der Waals surface area contributed by atoms with Crippen molar-refractivity contribution >= 4 is 23.2 Å². The average Bonchev–Trinajstić information content (AvgIpc) is 2.80. The Balaban J connectivity index is 1.82. The fourth-order valence-electron chi connectivity index (χ4n) is 2.15. The van der Waals surface area contributed by atoms with Crippen LogP contribution in [-0.4, -0.2) is 10.1 Å². The van der Waals surface area contributed by atoms with Crippen LogP contribution in [0.3, 0.4) is 0 Å². The topological polar surface area (TPSA) is 64.9 Å². The van der Waals surface area contributed by atoms with E-state index in [0.29, 0.717) is 28.2 Å². The number of hydrogen-bond acceptors (Lipinski definition) is 4. The van der Waals surface area contributed by atoms with Crippen LogP contribution >= 0.6 is 23.2 Å². The van der Waals surface area contributed by atoms with Gasteiger partial charge in [0.2, 0.25) is 5.89 Å². The maximum Gasteiger partial charge on any atom is 0.231 e. The van der Waals surface area contributed by atoms with Gasteiger partial charge in [-0.05, 0) is 43.0 Å². The maximum atomic E-state index is 6.15. The summed E-state index contributed by atoms with van der Waals surface area (Å²) in [6, 6.07) is 5.30. The zero-order valence-electron chi connectivity index (χ0n) is 10.2. The largest absolute Gasteiger partial charge is 0.339 e. The Hall–Kier alpha value is -1.10. The predicted molar refractivity (Wildman–Crippen MR) is 73.3 cm³/mol. The molecule has 1 aromatic carbocycles. The van der Waals surface area contributed by atoms with Crippen LogP contribution < -0.4 is 5.73 Å². The van der Waals surface area contributed by atoms with Gasteiger partial charge in [0.1, 0.15) is 0 Å². The molecule has 1 aliphatic carbocycles. The second-order valence-corrected chi connectivity index (χ2v) is 5.78. The molecule has 0 saturated heterocycles. The number of halogens is 2. The maximum absolute atomic E-state index is 6.15. The standard InChI is InChI=1S/C13H13Cl2N3O/c14-9-2-3-10(15)8(6-9)7-11-17-12(18-19-11)13(16)4-1-5-13/h2-3,6H,1,4-5,7,16H2. The second-order valence-electron chi connectivity index (χ2n) is 4.93. The highest BCUT2D eigenvalue weighted by Gasteiger charge is 2.38. The van der Waals surface area contributed by atoms with E-state index in [-0.39, 0.29) is 0 Å². The van der Waals surface area contributed by atoms with Gasteiger partial charge in [0.15, 0.2) is 5.82 Å². The summed E-state index contributed by atoms with van der Waals surface area (Å²) in [4.78, 5) is 4.37. The lowest BCUT2D eigenvalue weighted by Gasteiger charge is -2.34. The van der Waals surface area contributed by atoms with Gasteiger partial charge in [-0.15, -0.1) is 0 Å². The minimum Gasteiger partial charge on any atom is -0.339 e. The Labute approximate surface area is 120 Å². The summed E-state index contributed by atoms with van der Waals surface area (Å²) in [6.07, 6.45) is 3.39. The van der Waals surface area contributed by atoms with E-state index in [0.717, 1.165) is 24.8 Å². The minimum absolute atomic E-state index is 0.403. The lowest BCUT2D eigenvalue weighted by atomic mass is 9.77. The van der Waals surface area contributed by atoms with Crippen molar-refractivity contribution < 1.29 is 4.52 Å². The Morgan fingerprint density at radius 2 is 2.11 bits per heavy atom. The number of hydrogen-bond donors (Lipinski definition) is 1. The van der Waals surface area contributed by atoms with Crippen LogP contribution in [0.15, 0.2) is 22.7 Å². The first-order valence-electron chi connectivity index (χ1n) is 6.13. The molecule has 19 heavy (non-hydrogen) atoms. The molecule has 1 aliphatic rings.